The zero-order valence-electron chi connectivity index (χ0n) is 17.8. The van der Waals surface area contributed by atoms with Crippen molar-refractivity contribution in [1.82, 2.24) is 15.1 Å². The second kappa shape index (κ2) is 7.68. The van der Waals surface area contributed by atoms with Gasteiger partial charge in [0.05, 0.1) is 17.4 Å². The van der Waals surface area contributed by atoms with Crippen LogP contribution in [0, 0.1) is 0 Å². The Balaban J connectivity index is 1.40. The van der Waals surface area contributed by atoms with Crippen LogP contribution in [0.15, 0.2) is 41.0 Å². The molecule has 1 fully saturated rings. The van der Waals surface area contributed by atoms with Gasteiger partial charge in [-0.15, -0.1) is 0 Å². The van der Waals surface area contributed by atoms with Crippen LogP contribution in [0.4, 0.5) is 0 Å². The fourth-order valence-electron chi connectivity index (χ4n) is 4.04. The summed E-state index contributed by atoms with van der Waals surface area (Å²) >= 11 is 0. The molecule has 8 heteroatoms. The van der Waals surface area contributed by atoms with Gasteiger partial charge >= 0.3 is 0 Å². The number of fused-ring (bicyclic) bond motifs is 1. The van der Waals surface area contributed by atoms with Gasteiger partial charge < -0.3 is 14.6 Å². The highest BCUT2D eigenvalue weighted by atomic mass is 16.3. The van der Waals surface area contributed by atoms with Crippen molar-refractivity contribution in [3.8, 4) is 0 Å². The molecule has 162 valence electrons. The lowest BCUT2D eigenvalue weighted by Crippen LogP contribution is -2.46. The Bertz CT molecular complexity index is 1040. The SMILES string of the molecule is CC(C)(C)N1C(=O)c2ccc(C(=O)NC3CCN(C(=O)c4ccco4)CC3)cc2C1=O. The molecule has 8 nitrogen and oxygen atoms in total. The number of furan rings is 1. The van der Waals surface area contributed by atoms with E-state index >= 15 is 0 Å². The van der Waals surface area contributed by atoms with Crippen molar-refractivity contribution in [3.63, 3.8) is 0 Å². The van der Waals surface area contributed by atoms with Gasteiger partial charge in [-0.2, -0.15) is 0 Å². The number of imide groups is 1. The molecule has 0 unspecified atom stereocenters. The number of hydrogen-bond acceptors (Lipinski definition) is 5. The standard InChI is InChI=1S/C23H25N3O5/c1-23(2,3)26-20(28)16-7-6-14(13-17(16)21(26)29)19(27)24-15-8-10-25(11-9-15)22(30)18-5-4-12-31-18/h4-7,12-13,15H,8-11H2,1-3H3,(H,24,27). The fourth-order valence-corrected chi connectivity index (χ4v) is 4.04. The smallest absolute Gasteiger partial charge is 0.289 e. The first-order chi connectivity index (χ1) is 14.7. The van der Waals surface area contributed by atoms with E-state index in [0.29, 0.717) is 42.8 Å². The van der Waals surface area contributed by atoms with E-state index in [-0.39, 0.29) is 35.2 Å². The van der Waals surface area contributed by atoms with Crippen molar-refractivity contribution in [2.24, 2.45) is 0 Å². The minimum Gasteiger partial charge on any atom is -0.459 e. The molecule has 0 spiro atoms. The molecule has 1 N–H and O–H groups in total. The first kappa shape index (κ1) is 20.8. The third-order valence-electron chi connectivity index (χ3n) is 5.67. The molecule has 3 heterocycles. The number of nitrogens with one attached hydrogen (secondary N) is 1. The number of amides is 4. The Morgan fingerprint density at radius 2 is 1.71 bits per heavy atom. The van der Waals surface area contributed by atoms with E-state index in [2.05, 4.69) is 5.32 Å². The molecule has 0 bridgehead atoms. The van der Waals surface area contributed by atoms with Gasteiger partial charge in [0.25, 0.3) is 23.6 Å². The van der Waals surface area contributed by atoms with E-state index in [4.69, 9.17) is 4.42 Å². The van der Waals surface area contributed by atoms with Gasteiger partial charge in [0.2, 0.25) is 0 Å². The number of benzene rings is 1. The van der Waals surface area contributed by atoms with E-state index < -0.39 is 5.54 Å². The average Bonchev–Trinajstić information content (AvgIpc) is 3.35. The van der Waals surface area contributed by atoms with Gasteiger partial charge in [-0.3, -0.25) is 24.1 Å². The summed E-state index contributed by atoms with van der Waals surface area (Å²) < 4.78 is 5.16. The zero-order valence-corrected chi connectivity index (χ0v) is 17.8. The molecular formula is C23H25N3O5. The zero-order chi connectivity index (χ0) is 22.3. The molecule has 1 saturated heterocycles. The van der Waals surface area contributed by atoms with Gasteiger partial charge in [-0.05, 0) is 63.9 Å². The summed E-state index contributed by atoms with van der Waals surface area (Å²) in [6, 6.07) is 7.84. The molecule has 1 aromatic heterocycles. The maximum absolute atomic E-state index is 12.8. The Morgan fingerprint density at radius 1 is 1.03 bits per heavy atom. The molecular weight excluding hydrogens is 398 g/mol. The lowest BCUT2D eigenvalue weighted by atomic mass is 10.0. The molecule has 2 aromatic rings. The molecule has 0 radical (unpaired) electrons. The van der Waals surface area contributed by atoms with Crippen molar-refractivity contribution in [1.29, 1.82) is 0 Å². The van der Waals surface area contributed by atoms with Crippen molar-refractivity contribution in [2.45, 2.75) is 45.2 Å². The van der Waals surface area contributed by atoms with Crippen molar-refractivity contribution in [3.05, 3.63) is 59.0 Å². The second-order valence-electron chi connectivity index (χ2n) is 8.89. The predicted octanol–water partition coefficient (Wildman–Crippen LogP) is 2.71. The highest BCUT2D eigenvalue weighted by Crippen LogP contribution is 2.30. The summed E-state index contributed by atoms with van der Waals surface area (Å²) in [7, 11) is 0. The Hall–Kier alpha value is -3.42. The molecule has 4 rings (SSSR count). The first-order valence-electron chi connectivity index (χ1n) is 10.3. The highest BCUT2D eigenvalue weighted by Gasteiger charge is 2.42. The summed E-state index contributed by atoms with van der Waals surface area (Å²) in [4.78, 5) is 53.4. The minimum absolute atomic E-state index is 0.0789. The summed E-state index contributed by atoms with van der Waals surface area (Å²) in [5.41, 5.74) is 0.272. The topological polar surface area (TPSA) is 99.9 Å². The number of carbonyl (C=O) groups excluding carboxylic acids is 4. The Kier molecular flexibility index (Phi) is 5.16. The van der Waals surface area contributed by atoms with E-state index in [0.717, 1.165) is 0 Å². The van der Waals surface area contributed by atoms with E-state index in [1.54, 1.807) is 49.9 Å². The van der Waals surface area contributed by atoms with Gasteiger partial charge in [0.15, 0.2) is 5.76 Å². The third kappa shape index (κ3) is 3.85. The number of rotatable bonds is 3. The van der Waals surface area contributed by atoms with E-state index in [1.807, 2.05) is 0 Å². The van der Waals surface area contributed by atoms with Crippen LogP contribution in [0.25, 0.3) is 0 Å². The van der Waals surface area contributed by atoms with Crippen LogP contribution < -0.4 is 5.32 Å². The molecule has 1 aromatic carbocycles. The number of hydrogen-bond donors (Lipinski definition) is 1. The van der Waals surface area contributed by atoms with Gasteiger partial charge in [0.1, 0.15) is 0 Å². The lowest BCUT2D eigenvalue weighted by Gasteiger charge is -2.31. The molecule has 2 aliphatic rings. The van der Waals surface area contributed by atoms with Gasteiger partial charge in [-0.25, -0.2) is 0 Å². The minimum atomic E-state index is -0.642. The normalized spacial score (nSPS) is 17.1. The lowest BCUT2D eigenvalue weighted by molar-refractivity contribution is 0.0506. The number of piperidine rings is 1. The summed E-state index contributed by atoms with van der Waals surface area (Å²) in [5.74, 6) is -0.864. The first-order valence-corrected chi connectivity index (χ1v) is 10.3. The Labute approximate surface area is 180 Å². The van der Waals surface area contributed by atoms with Crippen LogP contribution in [-0.4, -0.2) is 58.1 Å². The van der Waals surface area contributed by atoms with Crippen LogP contribution >= 0.6 is 0 Å². The summed E-state index contributed by atoms with van der Waals surface area (Å²) in [5, 5.41) is 2.98. The Morgan fingerprint density at radius 3 is 2.32 bits per heavy atom. The molecule has 0 saturated carbocycles. The quantitative estimate of drug-likeness (QED) is 0.765. The van der Waals surface area contributed by atoms with Crippen LogP contribution in [0.3, 0.4) is 0 Å². The largest absolute Gasteiger partial charge is 0.459 e. The molecule has 0 atom stereocenters. The number of carbonyl (C=O) groups is 4. The van der Waals surface area contributed by atoms with Crippen molar-refractivity contribution < 1.29 is 23.6 Å². The van der Waals surface area contributed by atoms with E-state index in [1.165, 1.54) is 17.2 Å². The van der Waals surface area contributed by atoms with Crippen molar-refractivity contribution in [2.75, 3.05) is 13.1 Å². The molecule has 31 heavy (non-hydrogen) atoms. The van der Waals surface area contributed by atoms with Crippen molar-refractivity contribution >= 4 is 23.6 Å². The van der Waals surface area contributed by atoms with Gasteiger partial charge in [0, 0.05) is 30.2 Å². The average molecular weight is 423 g/mol. The fraction of sp³-hybridized carbons (Fsp3) is 0.391. The van der Waals surface area contributed by atoms with Gasteiger partial charge in [-0.1, -0.05) is 0 Å². The monoisotopic (exact) mass is 423 g/mol. The number of likely N-dealkylation sites (tertiary alicyclic amines) is 1. The van der Waals surface area contributed by atoms with Crippen LogP contribution in [0.5, 0.6) is 0 Å². The molecule has 4 amide bonds. The second-order valence-corrected chi connectivity index (χ2v) is 8.89. The maximum Gasteiger partial charge on any atom is 0.289 e. The van der Waals surface area contributed by atoms with Crippen LogP contribution in [0.2, 0.25) is 0 Å². The number of nitrogens with zero attached hydrogens (tertiary/aromatic N) is 2. The predicted molar refractivity (Wildman–Crippen MR) is 112 cm³/mol. The van der Waals surface area contributed by atoms with Crippen LogP contribution in [-0.2, 0) is 0 Å². The summed E-state index contributed by atoms with van der Waals surface area (Å²) in [6.07, 6.45) is 2.71. The highest BCUT2D eigenvalue weighted by molar-refractivity contribution is 6.22. The molecule has 2 aliphatic heterocycles. The third-order valence-corrected chi connectivity index (χ3v) is 5.67. The summed E-state index contributed by atoms with van der Waals surface area (Å²) in [6.45, 7) is 6.42. The molecule has 0 aliphatic carbocycles. The maximum atomic E-state index is 12.8. The van der Waals surface area contributed by atoms with Crippen LogP contribution in [0.1, 0.15) is 75.2 Å². The van der Waals surface area contributed by atoms with E-state index in [9.17, 15) is 19.2 Å².